The van der Waals surface area contributed by atoms with Crippen LogP contribution >= 0.6 is 23.2 Å². The van der Waals surface area contributed by atoms with Crippen LogP contribution in [0.3, 0.4) is 0 Å². The molecule has 1 aromatic carbocycles. The average Bonchev–Trinajstić information content (AvgIpc) is 2.30. The molecule has 1 amide bonds. The van der Waals surface area contributed by atoms with Gasteiger partial charge < -0.3 is 5.32 Å². The van der Waals surface area contributed by atoms with E-state index < -0.39 is 21.5 Å². The Balaban J connectivity index is 2.65. The lowest BCUT2D eigenvalue weighted by Crippen LogP contribution is -2.24. The molecule has 0 heterocycles. The zero-order chi connectivity index (χ0) is 14.5. The molecule has 0 aliphatic carbocycles. The summed E-state index contributed by atoms with van der Waals surface area (Å²) in [7, 11) is -3.57. The summed E-state index contributed by atoms with van der Waals surface area (Å²) in [6, 6.07) is 6.14. The molecular formula is C11H10Cl2N2O3S. The molecule has 1 rings (SSSR count). The van der Waals surface area contributed by atoms with Gasteiger partial charge in [0, 0.05) is 12.1 Å². The van der Waals surface area contributed by atoms with Crippen molar-refractivity contribution in [2.75, 3.05) is 16.8 Å². The minimum atomic E-state index is -3.57. The van der Waals surface area contributed by atoms with E-state index in [-0.39, 0.29) is 17.2 Å². The van der Waals surface area contributed by atoms with Crippen LogP contribution < -0.4 is 5.32 Å². The number of anilines is 1. The maximum Gasteiger partial charge on any atom is 0.239 e. The summed E-state index contributed by atoms with van der Waals surface area (Å²) in [4.78, 5) is 11.5. The normalized spacial score (nSPS) is 10.8. The molecule has 0 fully saturated rings. The molecule has 0 spiro atoms. The van der Waals surface area contributed by atoms with Gasteiger partial charge in [-0.2, -0.15) is 5.26 Å². The first kappa shape index (κ1) is 15.8. The smallest absolute Gasteiger partial charge is 0.239 e. The highest BCUT2D eigenvalue weighted by Gasteiger charge is 2.16. The predicted octanol–water partition coefficient (Wildman–Crippen LogP) is 2.26. The molecule has 102 valence electrons. The molecule has 0 aliphatic rings. The molecule has 0 bridgehead atoms. The Kier molecular flexibility index (Phi) is 5.60. The Bertz CT molecular complexity index is 623. The highest BCUT2D eigenvalue weighted by atomic mass is 35.5. The van der Waals surface area contributed by atoms with Gasteiger partial charge in [0.2, 0.25) is 5.91 Å². The molecular weight excluding hydrogens is 311 g/mol. The summed E-state index contributed by atoms with van der Waals surface area (Å²) in [6.45, 7) is 0. The summed E-state index contributed by atoms with van der Waals surface area (Å²) in [5, 5.41) is 11.3. The predicted molar refractivity (Wildman–Crippen MR) is 74.0 cm³/mol. The van der Waals surface area contributed by atoms with Crippen LogP contribution in [-0.4, -0.2) is 25.8 Å². The maximum atomic E-state index is 11.5. The second-order valence-electron chi connectivity index (χ2n) is 3.68. The highest BCUT2D eigenvalue weighted by Crippen LogP contribution is 2.24. The fraction of sp³-hybridized carbons (Fsp3) is 0.273. The quantitative estimate of drug-likeness (QED) is 0.901. The molecule has 0 saturated carbocycles. The number of carbonyl (C=O) groups is 1. The number of carbonyl (C=O) groups excluding carboxylic acids is 1. The second-order valence-corrected chi connectivity index (χ2v) is 6.68. The Labute approximate surface area is 121 Å². The summed E-state index contributed by atoms with van der Waals surface area (Å²) in [6.07, 6.45) is -0.137. The summed E-state index contributed by atoms with van der Waals surface area (Å²) in [5.41, 5.74) is 0.356. The number of halogens is 2. The number of sulfone groups is 1. The van der Waals surface area contributed by atoms with E-state index in [0.29, 0.717) is 10.7 Å². The van der Waals surface area contributed by atoms with Crippen molar-refractivity contribution in [2.45, 2.75) is 6.42 Å². The average molecular weight is 321 g/mol. The van der Waals surface area contributed by atoms with Crippen LogP contribution in [0.5, 0.6) is 0 Å². The maximum absolute atomic E-state index is 11.5. The Hall–Kier alpha value is -1.29. The standard InChI is InChI=1S/C11H10Cl2N2O3S/c12-9-3-2-8(6-10(9)13)15-11(16)7-19(17,18)5-1-4-14/h2-3,6H,1,5,7H2,(H,15,16). The van der Waals surface area contributed by atoms with Crippen LogP contribution in [0, 0.1) is 11.3 Å². The summed E-state index contributed by atoms with van der Waals surface area (Å²) < 4.78 is 22.9. The number of nitrogens with zero attached hydrogens (tertiary/aromatic N) is 1. The number of rotatable bonds is 5. The van der Waals surface area contributed by atoms with Crippen LogP contribution in [0.25, 0.3) is 0 Å². The molecule has 8 heteroatoms. The largest absolute Gasteiger partial charge is 0.325 e. The van der Waals surface area contributed by atoms with Gasteiger partial charge in [0.15, 0.2) is 9.84 Å². The van der Waals surface area contributed by atoms with Crippen molar-refractivity contribution in [3.8, 4) is 6.07 Å². The van der Waals surface area contributed by atoms with E-state index in [0.717, 1.165) is 0 Å². The van der Waals surface area contributed by atoms with Crippen LogP contribution in [-0.2, 0) is 14.6 Å². The number of hydrogen-bond donors (Lipinski definition) is 1. The molecule has 0 radical (unpaired) electrons. The Morgan fingerprint density at radius 3 is 2.58 bits per heavy atom. The van der Waals surface area contributed by atoms with Crippen molar-refractivity contribution in [1.82, 2.24) is 0 Å². The number of nitrogens with one attached hydrogen (secondary N) is 1. The Morgan fingerprint density at radius 2 is 2.00 bits per heavy atom. The molecule has 1 aromatic rings. The molecule has 0 saturated heterocycles. The van der Waals surface area contributed by atoms with E-state index in [2.05, 4.69) is 5.32 Å². The zero-order valence-electron chi connectivity index (χ0n) is 9.69. The van der Waals surface area contributed by atoms with E-state index in [1.54, 1.807) is 6.07 Å². The van der Waals surface area contributed by atoms with Gasteiger partial charge in [-0.15, -0.1) is 0 Å². The van der Waals surface area contributed by atoms with E-state index in [1.807, 2.05) is 0 Å². The van der Waals surface area contributed by atoms with E-state index in [4.69, 9.17) is 28.5 Å². The van der Waals surface area contributed by atoms with Crippen molar-refractivity contribution in [3.05, 3.63) is 28.2 Å². The molecule has 0 aromatic heterocycles. The van der Waals surface area contributed by atoms with Gasteiger partial charge in [-0.05, 0) is 18.2 Å². The van der Waals surface area contributed by atoms with Crippen molar-refractivity contribution >= 4 is 44.6 Å². The van der Waals surface area contributed by atoms with Crippen molar-refractivity contribution in [2.24, 2.45) is 0 Å². The Morgan fingerprint density at radius 1 is 1.32 bits per heavy atom. The third kappa shape index (κ3) is 5.47. The third-order valence-corrected chi connectivity index (χ3v) is 4.35. The van der Waals surface area contributed by atoms with Crippen LogP contribution in [0.4, 0.5) is 5.69 Å². The zero-order valence-corrected chi connectivity index (χ0v) is 12.0. The van der Waals surface area contributed by atoms with Crippen molar-refractivity contribution < 1.29 is 13.2 Å². The SMILES string of the molecule is N#CCCS(=O)(=O)CC(=O)Nc1ccc(Cl)c(Cl)c1. The fourth-order valence-corrected chi connectivity index (χ4v) is 2.56. The van der Waals surface area contributed by atoms with Gasteiger partial charge in [-0.1, -0.05) is 23.2 Å². The van der Waals surface area contributed by atoms with Gasteiger partial charge in [0.05, 0.1) is 21.9 Å². The number of nitriles is 1. The molecule has 0 atom stereocenters. The van der Waals surface area contributed by atoms with Crippen LogP contribution in [0.15, 0.2) is 18.2 Å². The molecule has 1 N–H and O–H groups in total. The lowest BCUT2D eigenvalue weighted by atomic mass is 10.3. The van der Waals surface area contributed by atoms with E-state index in [9.17, 15) is 13.2 Å². The van der Waals surface area contributed by atoms with E-state index in [1.165, 1.54) is 18.2 Å². The van der Waals surface area contributed by atoms with Gasteiger partial charge in [0.1, 0.15) is 5.75 Å². The highest BCUT2D eigenvalue weighted by molar-refractivity contribution is 7.92. The van der Waals surface area contributed by atoms with Gasteiger partial charge in [-0.25, -0.2) is 8.42 Å². The minimum Gasteiger partial charge on any atom is -0.325 e. The second kappa shape index (κ2) is 6.75. The lowest BCUT2D eigenvalue weighted by Gasteiger charge is -2.06. The number of benzene rings is 1. The van der Waals surface area contributed by atoms with Crippen LogP contribution in [0.2, 0.25) is 10.0 Å². The number of amides is 1. The van der Waals surface area contributed by atoms with Gasteiger partial charge >= 0.3 is 0 Å². The van der Waals surface area contributed by atoms with Crippen LogP contribution in [0.1, 0.15) is 6.42 Å². The first-order valence-electron chi connectivity index (χ1n) is 5.16. The molecule has 0 aliphatic heterocycles. The summed E-state index contributed by atoms with van der Waals surface area (Å²) >= 11 is 11.5. The first-order chi connectivity index (χ1) is 8.84. The van der Waals surface area contributed by atoms with Gasteiger partial charge in [-0.3, -0.25) is 4.79 Å². The molecule has 5 nitrogen and oxygen atoms in total. The number of hydrogen-bond acceptors (Lipinski definition) is 4. The molecule has 0 unspecified atom stereocenters. The minimum absolute atomic E-state index is 0.137. The fourth-order valence-electron chi connectivity index (χ4n) is 1.24. The monoisotopic (exact) mass is 320 g/mol. The third-order valence-electron chi connectivity index (χ3n) is 2.08. The van der Waals surface area contributed by atoms with Crippen molar-refractivity contribution in [3.63, 3.8) is 0 Å². The lowest BCUT2D eigenvalue weighted by molar-refractivity contribution is -0.113. The summed E-state index contributed by atoms with van der Waals surface area (Å²) in [5.74, 6) is -1.69. The molecule has 19 heavy (non-hydrogen) atoms. The van der Waals surface area contributed by atoms with Crippen molar-refractivity contribution in [1.29, 1.82) is 5.26 Å². The van der Waals surface area contributed by atoms with Gasteiger partial charge in [0.25, 0.3) is 0 Å². The first-order valence-corrected chi connectivity index (χ1v) is 7.74. The van der Waals surface area contributed by atoms with E-state index >= 15 is 0 Å². The topological polar surface area (TPSA) is 87.0 Å².